The molecule has 0 bridgehead atoms. The van der Waals surface area contributed by atoms with Crippen LogP contribution in [0.5, 0.6) is 0 Å². The van der Waals surface area contributed by atoms with Crippen LogP contribution in [-0.4, -0.2) is 11.5 Å². The molecule has 0 saturated heterocycles. The predicted octanol–water partition coefficient (Wildman–Crippen LogP) is 3.85. The summed E-state index contributed by atoms with van der Waals surface area (Å²) in [5.41, 5.74) is -0.432. The average molecular weight is 261 g/mol. The highest BCUT2D eigenvalue weighted by atomic mass is 35.5. The third-order valence-electron chi connectivity index (χ3n) is 2.29. The van der Waals surface area contributed by atoms with Crippen molar-refractivity contribution in [1.29, 1.82) is 0 Å². The molecule has 0 saturated carbocycles. The van der Waals surface area contributed by atoms with Gasteiger partial charge in [0.2, 0.25) is 0 Å². The van der Waals surface area contributed by atoms with E-state index in [1.807, 2.05) is 13.8 Å². The largest absolute Gasteiger partial charge is 0.377 e. The first-order valence-corrected chi connectivity index (χ1v) is 5.67. The van der Waals surface area contributed by atoms with E-state index in [0.29, 0.717) is 12.5 Å². The molecule has 0 aliphatic rings. The summed E-state index contributed by atoms with van der Waals surface area (Å²) in [6.07, 6.45) is 0.795. The lowest BCUT2D eigenvalue weighted by molar-refractivity contribution is -0.384. The van der Waals surface area contributed by atoms with Crippen LogP contribution in [0.25, 0.3) is 0 Å². The normalized spacial score (nSPS) is 10.6. The lowest BCUT2D eigenvalue weighted by atomic mass is 10.1. The molecular formula is C11H14ClFN2O2. The molecule has 0 fully saturated rings. The standard InChI is InChI=1S/C11H14ClFN2O2/c1-7(2)5-6-14-11-9(15(16)17)4-3-8(12)10(11)13/h3-4,7,14H,5-6H2,1-2H3. The fourth-order valence-electron chi connectivity index (χ4n) is 1.35. The van der Waals surface area contributed by atoms with Crippen molar-refractivity contribution >= 4 is 23.0 Å². The molecule has 0 amide bonds. The Bertz CT molecular complexity index is 424. The number of rotatable bonds is 5. The summed E-state index contributed by atoms with van der Waals surface area (Å²) >= 11 is 5.59. The predicted molar refractivity (Wildman–Crippen MR) is 66.0 cm³/mol. The first kappa shape index (κ1) is 13.7. The molecule has 1 N–H and O–H groups in total. The van der Waals surface area contributed by atoms with E-state index in [9.17, 15) is 14.5 Å². The number of nitrogens with one attached hydrogen (secondary N) is 1. The number of nitro benzene ring substituents is 1. The molecule has 94 valence electrons. The fraction of sp³-hybridized carbons (Fsp3) is 0.455. The van der Waals surface area contributed by atoms with E-state index in [1.54, 1.807) is 0 Å². The Labute approximate surface area is 104 Å². The summed E-state index contributed by atoms with van der Waals surface area (Å²) in [5, 5.41) is 13.3. The second-order valence-electron chi connectivity index (χ2n) is 4.12. The van der Waals surface area contributed by atoms with E-state index in [-0.39, 0.29) is 16.4 Å². The van der Waals surface area contributed by atoms with E-state index >= 15 is 0 Å². The van der Waals surface area contributed by atoms with E-state index in [1.165, 1.54) is 12.1 Å². The van der Waals surface area contributed by atoms with E-state index in [0.717, 1.165) is 6.42 Å². The van der Waals surface area contributed by atoms with Crippen molar-refractivity contribution in [2.45, 2.75) is 20.3 Å². The molecule has 0 aromatic heterocycles. The first-order chi connectivity index (χ1) is 7.93. The van der Waals surface area contributed by atoms with Gasteiger partial charge in [-0.1, -0.05) is 25.4 Å². The Balaban J connectivity index is 2.94. The molecule has 0 aliphatic heterocycles. The highest BCUT2D eigenvalue weighted by molar-refractivity contribution is 6.31. The minimum Gasteiger partial charge on any atom is -0.377 e. The highest BCUT2D eigenvalue weighted by Gasteiger charge is 2.20. The van der Waals surface area contributed by atoms with Crippen molar-refractivity contribution in [2.24, 2.45) is 5.92 Å². The van der Waals surface area contributed by atoms with Crippen LogP contribution in [0.1, 0.15) is 20.3 Å². The van der Waals surface area contributed by atoms with Crippen LogP contribution in [0.3, 0.4) is 0 Å². The smallest absolute Gasteiger partial charge is 0.295 e. The number of benzene rings is 1. The number of nitrogens with zero attached hydrogens (tertiary/aromatic N) is 1. The molecule has 1 aromatic rings. The van der Waals surface area contributed by atoms with E-state index < -0.39 is 10.7 Å². The quantitative estimate of drug-likeness (QED) is 0.646. The molecule has 1 aromatic carbocycles. The summed E-state index contributed by atoms with van der Waals surface area (Å²) in [7, 11) is 0. The Kier molecular flexibility index (Phi) is 4.69. The maximum atomic E-state index is 13.6. The van der Waals surface area contributed by atoms with Crippen molar-refractivity contribution in [3.8, 4) is 0 Å². The van der Waals surface area contributed by atoms with Crippen molar-refractivity contribution in [3.05, 3.63) is 33.1 Å². The van der Waals surface area contributed by atoms with Gasteiger partial charge < -0.3 is 5.32 Å². The number of hydrogen-bond acceptors (Lipinski definition) is 3. The van der Waals surface area contributed by atoms with Crippen LogP contribution in [0.15, 0.2) is 12.1 Å². The lowest BCUT2D eigenvalue weighted by Crippen LogP contribution is -2.08. The fourth-order valence-corrected chi connectivity index (χ4v) is 1.50. The van der Waals surface area contributed by atoms with Crippen LogP contribution < -0.4 is 5.32 Å². The number of nitro groups is 1. The van der Waals surface area contributed by atoms with Crippen LogP contribution in [0.4, 0.5) is 15.8 Å². The SMILES string of the molecule is CC(C)CCNc1c([N+](=O)[O-])ccc(Cl)c1F. The zero-order chi connectivity index (χ0) is 13.0. The maximum Gasteiger partial charge on any atom is 0.295 e. The molecule has 0 atom stereocenters. The molecule has 0 unspecified atom stereocenters. The van der Waals surface area contributed by atoms with Gasteiger partial charge in [0.15, 0.2) is 11.5 Å². The second kappa shape index (κ2) is 5.82. The molecule has 17 heavy (non-hydrogen) atoms. The molecule has 0 radical (unpaired) electrons. The minimum absolute atomic E-state index is 0.123. The molecule has 1 rings (SSSR count). The Morgan fingerprint density at radius 3 is 2.71 bits per heavy atom. The Morgan fingerprint density at radius 1 is 1.53 bits per heavy atom. The van der Waals surface area contributed by atoms with Crippen LogP contribution in [-0.2, 0) is 0 Å². The Morgan fingerprint density at radius 2 is 2.18 bits per heavy atom. The first-order valence-electron chi connectivity index (χ1n) is 5.29. The third kappa shape index (κ3) is 3.56. The van der Waals surface area contributed by atoms with Gasteiger partial charge in [-0.15, -0.1) is 0 Å². The summed E-state index contributed by atoms with van der Waals surface area (Å²) in [5.74, 6) is -0.339. The van der Waals surface area contributed by atoms with E-state index in [2.05, 4.69) is 5.32 Å². The average Bonchev–Trinajstić information content (AvgIpc) is 2.23. The summed E-state index contributed by atoms with van der Waals surface area (Å²) in [6.45, 7) is 4.50. The zero-order valence-electron chi connectivity index (χ0n) is 9.67. The van der Waals surface area contributed by atoms with Crippen LogP contribution >= 0.6 is 11.6 Å². The van der Waals surface area contributed by atoms with Gasteiger partial charge >= 0.3 is 0 Å². The topological polar surface area (TPSA) is 55.2 Å². The minimum atomic E-state index is -0.773. The van der Waals surface area contributed by atoms with Gasteiger partial charge in [0, 0.05) is 12.6 Å². The van der Waals surface area contributed by atoms with Gasteiger partial charge in [-0.05, 0) is 18.4 Å². The van der Waals surface area contributed by atoms with Crippen molar-refractivity contribution < 1.29 is 9.31 Å². The van der Waals surface area contributed by atoms with Crippen LogP contribution in [0, 0.1) is 21.8 Å². The molecule has 6 heteroatoms. The molecule has 4 nitrogen and oxygen atoms in total. The van der Waals surface area contributed by atoms with Crippen LogP contribution in [0.2, 0.25) is 5.02 Å². The maximum absolute atomic E-state index is 13.6. The Hall–Kier alpha value is -1.36. The monoisotopic (exact) mass is 260 g/mol. The van der Waals surface area contributed by atoms with Gasteiger partial charge in [-0.25, -0.2) is 4.39 Å². The molecule has 0 heterocycles. The van der Waals surface area contributed by atoms with Gasteiger partial charge in [-0.2, -0.15) is 0 Å². The van der Waals surface area contributed by atoms with Crippen molar-refractivity contribution in [3.63, 3.8) is 0 Å². The van der Waals surface area contributed by atoms with Crippen molar-refractivity contribution in [1.82, 2.24) is 0 Å². The zero-order valence-corrected chi connectivity index (χ0v) is 10.4. The molecule has 0 spiro atoms. The third-order valence-corrected chi connectivity index (χ3v) is 2.58. The number of anilines is 1. The summed E-state index contributed by atoms with van der Waals surface area (Å²) in [6, 6.07) is 2.38. The highest BCUT2D eigenvalue weighted by Crippen LogP contribution is 2.32. The van der Waals surface area contributed by atoms with Crippen molar-refractivity contribution in [2.75, 3.05) is 11.9 Å². The van der Waals surface area contributed by atoms with Gasteiger partial charge in [0.05, 0.1) is 9.95 Å². The van der Waals surface area contributed by atoms with Gasteiger partial charge in [-0.3, -0.25) is 10.1 Å². The second-order valence-corrected chi connectivity index (χ2v) is 4.53. The van der Waals surface area contributed by atoms with Gasteiger partial charge in [0.1, 0.15) is 0 Å². The number of hydrogen-bond donors (Lipinski definition) is 1. The van der Waals surface area contributed by atoms with Gasteiger partial charge in [0.25, 0.3) is 5.69 Å². The summed E-state index contributed by atoms with van der Waals surface area (Å²) in [4.78, 5) is 10.1. The molecule has 0 aliphatic carbocycles. The van der Waals surface area contributed by atoms with E-state index in [4.69, 9.17) is 11.6 Å². The molecular weight excluding hydrogens is 247 g/mol. The lowest BCUT2D eigenvalue weighted by Gasteiger charge is -2.10. The summed E-state index contributed by atoms with van der Waals surface area (Å²) < 4.78 is 13.6. The number of halogens is 2.